The highest BCUT2D eigenvalue weighted by atomic mass is 16.6. The van der Waals surface area contributed by atoms with E-state index < -0.39 is 11.5 Å². The van der Waals surface area contributed by atoms with Gasteiger partial charge in [-0.3, -0.25) is 4.79 Å². The molecule has 1 atom stereocenters. The maximum absolute atomic E-state index is 12.8. The number of aryl methyl sites for hydroxylation is 1. The van der Waals surface area contributed by atoms with Gasteiger partial charge in [0.1, 0.15) is 23.6 Å². The highest BCUT2D eigenvalue weighted by Gasteiger charge is 2.27. The average molecular weight is 642 g/mol. The van der Waals surface area contributed by atoms with Gasteiger partial charge in [-0.25, -0.2) is 19.7 Å². The number of carbonyl (C=O) groups is 2. The lowest BCUT2D eigenvalue weighted by Crippen LogP contribution is -2.50. The zero-order valence-corrected chi connectivity index (χ0v) is 28.3. The predicted octanol–water partition coefficient (Wildman–Crippen LogP) is 5.82. The Morgan fingerprint density at radius 2 is 1.70 bits per heavy atom. The van der Waals surface area contributed by atoms with Crippen LogP contribution in [0, 0.1) is 6.92 Å². The van der Waals surface area contributed by atoms with Gasteiger partial charge in [-0.2, -0.15) is 4.98 Å². The summed E-state index contributed by atoms with van der Waals surface area (Å²) in [5.41, 5.74) is 3.58. The number of hydrogen-bond donors (Lipinski definition) is 2. The molecule has 0 unspecified atom stereocenters. The minimum Gasteiger partial charge on any atom is -0.444 e. The summed E-state index contributed by atoms with van der Waals surface area (Å²) < 4.78 is 10.7. The Morgan fingerprint density at radius 3 is 2.32 bits per heavy atom. The van der Waals surface area contributed by atoms with Gasteiger partial charge >= 0.3 is 17.9 Å². The number of rotatable bonds is 7. The summed E-state index contributed by atoms with van der Waals surface area (Å²) in [7, 11) is 0. The number of hydrogen-bond acceptors (Lipinski definition) is 11. The second kappa shape index (κ2) is 13.3. The van der Waals surface area contributed by atoms with Crippen molar-refractivity contribution in [3.05, 3.63) is 71.8 Å². The van der Waals surface area contributed by atoms with E-state index in [1.165, 1.54) is 6.33 Å². The molecule has 248 valence electrons. The molecular weight excluding hydrogens is 598 g/mol. The number of aromatic nitrogens is 5. The first-order valence-electron chi connectivity index (χ1n) is 15.7. The van der Waals surface area contributed by atoms with Gasteiger partial charge in [-0.05, 0) is 63.9 Å². The fourth-order valence-corrected chi connectivity index (χ4v) is 5.10. The zero-order chi connectivity index (χ0) is 33.9. The third-order valence-electron chi connectivity index (χ3n) is 7.61. The highest BCUT2D eigenvalue weighted by Crippen LogP contribution is 2.27. The minimum atomic E-state index is -0.513. The number of ether oxygens (including phenoxy) is 1. The van der Waals surface area contributed by atoms with E-state index in [2.05, 4.69) is 40.6 Å². The summed E-state index contributed by atoms with van der Waals surface area (Å²) in [6, 6.07) is 11.5. The van der Waals surface area contributed by atoms with E-state index >= 15 is 0 Å². The number of piperazine rings is 1. The molecule has 5 rings (SSSR count). The Hall–Kier alpha value is -5.07. The number of benzene rings is 1. The van der Waals surface area contributed by atoms with Crippen LogP contribution in [0.3, 0.4) is 0 Å². The smallest absolute Gasteiger partial charge is 0.410 e. The molecule has 4 aromatic rings. The molecule has 0 saturated carbocycles. The van der Waals surface area contributed by atoms with Crippen molar-refractivity contribution in [1.82, 2.24) is 35.3 Å². The van der Waals surface area contributed by atoms with Crippen LogP contribution in [0.15, 0.2) is 53.4 Å². The number of pyridine rings is 1. The normalized spacial score (nSPS) is 14.5. The molecule has 0 spiro atoms. The van der Waals surface area contributed by atoms with Crippen LogP contribution in [-0.2, 0) is 10.2 Å². The maximum Gasteiger partial charge on any atom is 0.410 e. The van der Waals surface area contributed by atoms with Crippen molar-refractivity contribution >= 4 is 29.3 Å². The van der Waals surface area contributed by atoms with Crippen LogP contribution in [0.5, 0.6) is 0 Å². The molecular formula is C34H43N9O4. The van der Waals surface area contributed by atoms with Crippen molar-refractivity contribution in [2.24, 2.45) is 0 Å². The van der Waals surface area contributed by atoms with E-state index in [4.69, 9.17) is 9.26 Å². The van der Waals surface area contributed by atoms with Gasteiger partial charge in [0, 0.05) is 43.2 Å². The van der Waals surface area contributed by atoms with Gasteiger partial charge in [-0.1, -0.05) is 38.1 Å². The average Bonchev–Trinajstić information content (AvgIpc) is 3.53. The van der Waals surface area contributed by atoms with Gasteiger partial charge in [0.15, 0.2) is 5.82 Å². The monoisotopic (exact) mass is 641 g/mol. The van der Waals surface area contributed by atoms with Gasteiger partial charge in [0.05, 0.1) is 23.6 Å². The number of nitrogens with zero attached hydrogens (tertiary/aromatic N) is 7. The molecule has 13 nitrogen and oxygen atoms in total. The van der Waals surface area contributed by atoms with Crippen LogP contribution in [0.4, 0.5) is 22.1 Å². The summed E-state index contributed by atoms with van der Waals surface area (Å²) in [5, 5.41) is 10.2. The Morgan fingerprint density at radius 1 is 0.957 bits per heavy atom. The molecule has 2 N–H and O–H groups in total. The lowest BCUT2D eigenvalue weighted by atomic mass is 9.96. The van der Waals surface area contributed by atoms with Crippen LogP contribution in [-0.4, -0.2) is 73.8 Å². The zero-order valence-electron chi connectivity index (χ0n) is 28.3. The Balaban J connectivity index is 1.18. The standard InChI is InChI=1S/C34H43N9O4/c1-21-17-23(9-11-25(21)22(2)38-29(44)30-40-31(41-47-30)33(3,4)5)26-18-27(37-20-36-26)39-24-10-12-28(35-19-24)42-13-15-43(16-14-42)32(45)46-34(6,7)8/h9-12,17-20,22H,13-16H2,1-8H3,(H,38,44)(H,36,37,39)/t22-/m1/s1. The SMILES string of the molecule is Cc1cc(-c2cc(Nc3ccc(N4CCN(C(=O)OC(C)(C)C)CC4)nc3)ncn2)ccc1[C@@H](C)NC(=O)c1nc(C(C)(C)C)no1. The van der Waals surface area contributed by atoms with Crippen molar-refractivity contribution < 1.29 is 18.8 Å². The van der Waals surface area contributed by atoms with Crippen LogP contribution < -0.4 is 15.5 Å². The maximum atomic E-state index is 12.8. The largest absolute Gasteiger partial charge is 0.444 e. The van der Waals surface area contributed by atoms with E-state index in [1.54, 1.807) is 11.1 Å². The number of anilines is 3. The molecule has 47 heavy (non-hydrogen) atoms. The molecule has 0 aliphatic carbocycles. The Bertz CT molecular complexity index is 1720. The summed E-state index contributed by atoms with van der Waals surface area (Å²) >= 11 is 0. The summed E-state index contributed by atoms with van der Waals surface area (Å²) in [6.07, 6.45) is 3.01. The summed E-state index contributed by atoms with van der Waals surface area (Å²) in [6.45, 7) is 17.9. The van der Waals surface area contributed by atoms with Crippen molar-refractivity contribution in [2.75, 3.05) is 36.4 Å². The molecule has 1 fully saturated rings. The van der Waals surface area contributed by atoms with Crippen molar-refractivity contribution in [3.63, 3.8) is 0 Å². The van der Waals surface area contributed by atoms with E-state index in [9.17, 15) is 9.59 Å². The number of carbonyl (C=O) groups excluding carboxylic acids is 2. The fourth-order valence-electron chi connectivity index (χ4n) is 5.10. The highest BCUT2D eigenvalue weighted by molar-refractivity contribution is 5.89. The number of nitrogens with one attached hydrogen (secondary N) is 2. The topological polar surface area (TPSA) is 152 Å². The van der Waals surface area contributed by atoms with Crippen LogP contribution in [0.25, 0.3) is 11.3 Å². The van der Waals surface area contributed by atoms with Gasteiger partial charge < -0.3 is 29.7 Å². The summed E-state index contributed by atoms with van der Waals surface area (Å²) in [5.74, 6) is 1.48. The molecule has 1 aliphatic rings. The second-order valence-electron chi connectivity index (χ2n) is 13.7. The van der Waals surface area contributed by atoms with E-state index in [-0.39, 0.29) is 23.4 Å². The quantitative estimate of drug-likeness (QED) is 0.251. The predicted molar refractivity (Wildman–Crippen MR) is 179 cm³/mol. The van der Waals surface area contributed by atoms with Crippen LogP contribution in [0.1, 0.15) is 82.1 Å². The molecule has 4 heterocycles. The molecule has 1 aliphatic heterocycles. The van der Waals surface area contributed by atoms with Gasteiger partial charge in [-0.15, -0.1) is 0 Å². The molecule has 3 aromatic heterocycles. The van der Waals surface area contributed by atoms with Crippen LogP contribution in [0.2, 0.25) is 0 Å². The Kier molecular flexibility index (Phi) is 9.45. The molecule has 1 saturated heterocycles. The third-order valence-corrected chi connectivity index (χ3v) is 7.61. The van der Waals surface area contributed by atoms with Crippen LogP contribution >= 0.6 is 0 Å². The Labute approximate surface area is 275 Å². The van der Waals surface area contributed by atoms with E-state index in [0.29, 0.717) is 37.8 Å². The van der Waals surface area contributed by atoms with Crippen molar-refractivity contribution in [3.8, 4) is 11.3 Å². The molecule has 1 aromatic carbocycles. The molecule has 0 bridgehead atoms. The number of amides is 2. The third kappa shape index (κ3) is 8.40. The summed E-state index contributed by atoms with van der Waals surface area (Å²) in [4.78, 5) is 46.8. The van der Waals surface area contributed by atoms with Gasteiger partial charge in [0.25, 0.3) is 0 Å². The van der Waals surface area contributed by atoms with Gasteiger partial charge in [0.2, 0.25) is 0 Å². The van der Waals surface area contributed by atoms with Crippen molar-refractivity contribution in [2.45, 2.75) is 72.4 Å². The first kappa shape index (κ1) is 33.3. The molecule has 0 radical (unpaired) electrons. The van der Waals surface area contributed by atoms with Crippen molar-refractivity contribution in [1.29, 1.82) is 0 Å². The van der Waals surface area contributed by atoms with E-state index in [1.807, 2.05) is 91.8 Å². The lowest BCUT2D eigenvalue weighted by Gasteiger charge is -2.36. The first-order chi connectivity index (χ1) is 22.2. The minimum absolute atomic E-state index is 0.0555. The second-order valence-corrected chi connectivity index (χ2v) is 13.7. The van der Waals surface area contributed by atoms with E-state index in [0.717, 1.165) is 33.9 Å². The lowest BCUT2D eigenvalue weighted by molar-refractivity contribution is 0.0240. The fraction of sp³-hybridized carbons (Fsp3) is 0.441. The molecule has 13 heteroatoms. The molecule has 2 amide bonds. The first-order valence-corrected chi connectivity index (χ1v) is 15.7.